The minimum absolute atomic E-state index is 0. The van der Waals surface area contributed by atoms with Gasteiger partial charge in [-0.05, 0) is 44.5 Å². The molecule has 1 aliphatic rings. The van der Waals surface area contributed by atoms with Gasteiger partial charge in [-0.2, -0.15) is 0 Å². The summed E-state index contributed by atoms with van der Waals surface area (Å²) >= 11 is 0. The van der Waals surface area contributed by atoms with E-state index in [4.69, 9.17) is 10.5 Å². The SMILES string of the molecule is COc1ccccc1NC(=O)CN1CCCCC1CCN.Cl. The van der Waals surface area contributed by atoms with Crippen molar-refractivity contribution < 1.29 is 9.53 Å². The quantitative estimate of drug-likeness (QED) is 0.841. The summed E-state index contributed by atoms with van der Waals surface area (Å²) in [4.78, 5) is 14.5. The van der Waals surface area contributed by atoms with Crippen molar-refractivity contribution in [2.75, 3.05) is 32.1 Å². The first-order valence-electron chi connectivity index (χ1n) is 7.61. The van der Waals surface area contributed by atoms with Gasteiger partial charge in [0.05, 0.1) is 19.3 Å². The number of ether oxygens (including phenoxy) is 1. The second-order valence-corrected chi connectivity index (χ2v) is 5.45. The Bertz CT molecular complexity index is 468. The number of piperidine rings is 1. The van der Waals surface area contributed by atoms with Gasteiger partial charge >= 0.3 is 0 Å². The monoisotopic (exact) mass is 327 g/mol. The van der Waals surface area contributed by atoms with Crippen LogP contribution in [0.15, 0.2) is 24.3 Å². The molecule has 5 nitrogen and oxygen atoms in total. The minimum atomic E-state index is 0. The maximum absolute atomic E-state index is 12.3. The Hall–Kier alpha value is -1.30. The number of hydrogen-bond donors (Lipinski definition) is 2. The van der Waals surface area contributed by atoms with E-state index < -0.39 is 0 Å². The molecule has 0 bridgehead atoms. The molecule has 2 rings (SSSR count). The van der Waals surface area contributed by atoms with Gasteiger partial charge in [-0.15, -0.1) is 12.4 Å². The molecule has 1 aliphatic heterocycles. The second kappa shape index (κ2) is 9.66. The van der Waals surface area contributed by atoms with E-state index in [2.05, 4.69) is 10.2 Å². The third-order valence-corrected chi connectivity index (χ3v) is 3.98. The van der Waals surface area contributed by atoms with Gasteiger partial charge in [0.1, 0.15) is 5.75 Å². The van der Waals surface area contributed by atoms with E-state index in [0.29, 0.717) is 24.9 Å². The van der Waals surface area contributed by atoms with Crippen molar-refractivity contribution in [3.8, 4) is 5.75 Å². The number of carbonyl (C=O) groups is 1. The molecule has 3 N–H and O–H groups in total. The van der Waals surface area contributed by atoms with Gasteiger partial charge in [0.15, 0.2) is 0 Å². The van der Waals surface area contributed by atoms with Gasteiger partial charge in [-0.25, -0.2) is 0 Å². The molecule has 0 radical (unpaired) electrons. The number of nitrogens with zero attached hydrogens (tertiary/aromatic N) is 1. The predicted molar refractivity (Wildman–Crippen MR) is 91.8 cm³/mol. The zero-order valence-electron chi connectivity index (χ0n) is 13.1. The number of nitrogens with two attached hydrogens (primary N) is 1. The van der Waals surface area contributed by atoms with Crippen molar-refractivity contribution in [3.63, 3.8) is 0 Å². The van der Waals surface area contributed by atoms with E-state index in [1.165, 1.54) is 6.42 Å². The molecule has 1 heterocycles. The van der Waals surface area contributed by atoms with Crippen molar-refractivity contribution in [2.45, 2.75) is 31.7 Å². The predicted octanol–water partition coefficient (Wildman–Crippen LogP) is 2.26. The fraction of sp³-hybridized carbons (Fsp3) is 0.562. The van der Waals surface area contributed by atoms with Crippen LogP contribution in [0.5, 0.6) is 5.75 Å². The van der Waals surface area contributed by atoms with Crippen LogP contribution in [0.3, 0.4) is 0 Å². The van der Waals surface area contributed by atoms with Crippen molar-refractivity contribution in [2.24, 2.45) is 5.73 Å². The number of nitrogens with one attached hydrogen (secondary N) is 1. The first-order chi connectivity index (χ1) is 10.2. The highest BCUT2D eigenvalue weighted by Gasteiger charge is 2.23. The first-order valence-corrected chi connectivity index (χ1v) is 7.61. The van der Waals surface area contributed by atoms with Crippen LogP contribution in [0.2, 0.25) is 0 Å². The number of carbonyl (C=O) groups excluding carboxylic acids is 1. The van der Waals surface area contributed by atoms with Crippen LogP contribution in [0.25, 0.3) is 0 Å². The molecule has 1 amide bonds. The fourth-order valence-corrected chi connectivity index (χ4v) is 2.91. The number of benzene rings is 1. The molecule has 1 unspecified atom stereocenters. The van der Waals surface area contributed by atoms with Crippen LogP contribution in [-0.4, -0.2) is 43.6 Å². The topological polar surface area (TPSA) is 67.6 Å². The van der Waals surface area contributed by atoms with Crippen molar-refractivity contribution in [3.05, 3.63) is 24.3 Å². The number of methoxy groups -OCH3 is 1. The maximum atomic E-state index is 12.3. The molecule has 1 saturated heterocycles. The summed E-state index contributed by atoms with van der Waals surface area (Å²) in [5, 5.41) is 2.93. The fourth-order valence-electron chi connectivity index (χ4n) is 2.91. The summed E-state index contributed by atoms with van der Waals surface area (Å²) in [7, 11) is 1.60. The Morgan fingerprint density at radius 3 is 2.91 bits per heavy atom. The van der Waals surface area contributed by atoms with Gasteiger partial charge in [0.25, 0.3) is 0 Å². The summed E-state index contributed by atoms with van der Waals surface area (Å²) in [5.41, 5.74) is 6.39. The van der Waals surface area contributed by atoms with E-state index in [1.54, 1.807) is 7.11 Å². The summed E-state index contributed by atoms with van der Waals surface area (Å²) in [6.45, 7) is 2.07. The number of rotatable bonds is 6. The second-order valence-electron chi connectivity index (χ2n) is 5.45. The Balaban J connectivity index is 0.00000242. The molecular formula is C16H26ClN3O2. The van der Waals surface area contributed by atoms with Crippen molar-refractivity contribution in [1.29, 1.82) is 0 Å². The Kier molecular flexibility index (Phi) is 8.24. The molecule has 0 aromatic heterocycles. The summed E-state index contributed by atoms with van der Waals surface area (Å²) in [5.74, 6) is 0.687. The number of likely N-dealkylation sites (tertiary alicyclic amines) is 1. The van der Waals surface area contributed by atoms with Crippen LogP contribution in [0.4, 0.5) is 5.69 Å². The zero-order chi connectivity index (χ0) is 15.1. The molecule has 124 valence electrons. The highest BCUT2D eigenvalue weighted by molar-refractivity contribution is 5.93. The van der Waals surface area contributed by atoms with Gasteiger partial charge in [-0.3, -0.25) is 9.69 Å². The van der Waals surface area contributed by atoms with Crippen LogP contribution in [0.1, 0.15) is 25.7 Å². The van der Waals surface area contributed by atoms with Gasteiger partial charge < -0.3 is 15.8 Å². The average molecular weight is 328 g/mol. The molecule has 0 aliphatic carbocycles. The lowest BCUT2D eigenvalue weighted by Gasteiger charge is -2.35. The van der Waals surface area contributed by atoms with Crippen LogP contribution < -0.4 is 15.8 Å². The lowest BCUT2D eigenvalue weighted by molar-refractivity contribution is -0.118. The standard InChI is InChI=1S/C16H25N3O2.ClH/c1-21-15-8-3-2-7-14(15)18-16(20)12-19-11-5-4-6-13(19)9-10-17;/h2-3,7-8,13H,4-6,9-12,17H2,1H3,(H,18,20);1H. The van der Waals surface area contributed by atoms with Crippen LogP contribution in [0, 0.1) is 0 Å². The largest absolute Gasteiger partial charge is 0.495 e. The van der Waals surface area contributed by atoms with E-state index in [-0.39, 0.29) is 18.3 Å². The zero-order valence-corrected chi connectivity index (χ0v) is 13.9. The number of para-hydroxylation sites is 2. The minimum Gasteiger partial charge on any atom is -0.495 e. The molecule has 0 saturated carbocycles. The number of amides is 1. The molecule has 1 aromatic rings. The van der Waals surface area contributed by atoms with Gasteiger partial charge in [-0.1, -0.05) is 18.6 Å². The van der Waals surface area contributed by atoms with Crippen LogP contribution in [-0.2, 0) is 4.79 Å². The lowest BCUT2D eigenvalue weighted by Crippen LogP contribution is -2.44. The van der Waals surface area contributed by atoms with E-state index in [1.807, 2.05) is 24.3 Å². The molecular weight excluding hydrogens is 302 g/mol. The van der Waals surface area contributed by atoms with Crippen LogP contribution >= 0.6 is 12.4 Å². The third kappa shape index (κ3) is 5.16. The highest BCUT2D eigenvalue weighted by Crippen LogP contribution is 2.23. The molecule has 1 aromatic carbocycles. The van der Waals surface area contributed by atoms with E-state index >= 15 is 0 Å². The molecule has 22 heavy (non-hydrogen) atoms. The van der Waals surface area contributed by atoms with E-state index in [9.17, 15) is 4.79 Å². The normalized spacial score (nSPS) is 18.4. The Morgan fingerprint density at radius 1 is 1.41 bits per heavy atom. The number of hydrogen-bond acceptors (Lipinski definition) is 4. The number of anilines is 1. The molecule has 1 atom stereocenters. The first kappa shape index (κ1) is 18.7. The summed E-state index contributed by atoms with van der Waals surface area (Å²) < 4.78 is 5.25. The van der Waals surface area contributed by atoms with Crippen molar-refractivity contribution >= 4 is 24.0 Å². The summed E-state index contributed by atoms with van der Waals surface area (Å²) in [6.07, 6.45) is 4.49. The number of halogens is 1. The van der Waals surface area contributed by atoms with E-state index in [0.717, 1.165) is 31.5 Å². The molecule has 6 heteroatoms. The summed E-state index contributed by atoms with van der Waals surface area (Å²) in [6, 6.07) is 7.90. The molecule has 0 spiro atoms. The molecule has 1 fully saturated rings. The highest BCUT2D eigenvalue weighted by atomic mass is 35.5. The van der Waals surface area contributed by atoms with Gasteiger partial charge in [0.2, 0.25) is 5.91 Å². The third-order valence-electron chi connectivity index (χ3n) is 3.98. The Labute approximate surface area is 138 Å². The smallest absolute Gasteiger partial charge is 0.238 e. The van der Waals surface area contributed by atoms with Gasteiger partial charge in [0, 0.05) is 6.04 Å². The Morgan fingerprint density at radius 2 is 2.18 bits per heavy atom. The maximum Gasteiger partial charge on any atom is 0.238 e. The van der Waals surface area contributed by atoms with Crippen molar-refractivity contribution in [1.82, 2.24) is 4.90 Å². The average Bonchev–Trinajstić information content (AvgIpc) is 2.50. The lowest BCUT2D eigenvalue weighted by atomic mass is 9.99.